The first-order chi connectivity index (χ1) is 9.49. The molecule has 0 aliphatic rings. The fourth-order valence-corrected chi connectivity index (χ4v) is 2.19. The molecule has 1 aromatic heterocycles. The molecule has 2 rings (SSSR count). The van der Waals surface area contributed by atoms with Gasteiger partial charge in [0.25, 0.3) is 5.91 Å². The Hall–Kier alpha value is -1.78. The number of aromatic nitrogens is 1. The van der Waals surface area contributed by atoms with Crippen molar-refractivity contribution >= 4 is 34.8 Å². The van der Waals surface area contributed by atoms with Crippen LogP contribution in [0.3, 0.4) is 0 Å². The highest BCUT2D eigenvalue weighted by atomic mass is 35.5. The maximum absolute atomic E-state index is 12.1. The number of pyridine rings is 1. The van der Waals surface area contributed by atoms with E-state index in [0.717, 1.165) is 5.69 Å². The molecule has 0 bridgehead atoms. The van der Waals surface area contributed by atoms with Crippen molar-refractivity contribution in [2.24, 2.45) is 0 Å². The molecule has 0 fully saturated rings. The van der Waals surface area contributed by atoms with Gasteiger partial charge in [-0.3, -0.25) is 9.78 Å². The van der Waals surface area contributed by atoms with Crippen LogP contribution in [0.25, 0.3) is 0 Å². The van der Waals surface area contributed by atoms with Crippen molar-refractivity contribution in [1.29, 1.82) is 0 Å². The first kappa shape index (κ1) is 14.6. The number of nitrogens with zero attached hydrogens (tertiary/aromatic N) is 1. The van der Waals surface area contributed by atoms with Crippen LogP contribution in [0.15, 0.2) is 36.5 Å². The summed E-state index contributed by atoms with van der Waals surface area (Å²) in [7, 11) is 0. The first-order valence-electron chi connectivity index (χ1n) is 5.95. The van der Waals surface area contributed by atoms with Crippen LogP contribution in [-0.2, 0) is 0 Å². The van der Waals surface area contributed by atoms with Gasteiger partial charge in [0.2, 0.25) is 0 Å². The van der Waals surface area contributed by atoms with E-state index < -0.39 is 0 Å². The highest BCUT2D eigenvalue weighted by Crippen LogP contribution is 2.29. The number of halogens is 2. The summed E-state index contributed by atoms with van der Waals surface area (Å²) in [5, 5.41) is 3.34. The lowest BCUT2D eigenvalue weighted by molar-refractivity contribution is 0.0939. The number of benzene rings is 1. The fourth-order valence-electron chi connectivity index (χ4n) is 1.70. The van der Waals surface area contributed by atoms with Gasteiger partial charge in [-0.15, -0.1) is 0 Å². The Labute approximate surface area is 126 Å². The molecular weight excluding hydrogens is 297 g/mol. The van der Waals surface area contributed by atoms with Gasteiger partial charge in [0.05, 0.1) is 27.5 Å². The quantitative estimate of drug-likeness (QED) is 0.853. The van der Waals surface area contributed by atoms with Crippen molar-refractivity contribution in [3.63, 3.8) is 0 Å². The summed E-state index contributed by atoms with van der Waals surface area (Å²) in [6.07, 6.45) is 1.68. The summed E-state index contributed by atoms with van der Waals surface area (Å²) < 4.78 is 0. The number of rotatable bonds is 3. The van der Waals surface area contributed by atoms with E-state index in [1.54, 1.807) is 6.20 Å². The second kappa shape index (κ2) is 6.11. The average Bonchev–Trinajstić information content (AvgIpc) is 2.45. The number of hydrogen-bond donors (Lipinski definition) is 2. The number of amides is 1. The third kappa shape index (κ3) is 3.21. The zero-order valence-corrected chi connectivity index (χ0v) is 12.2. The maximum atomic E-state index is 12.1. The minimum Gasteiger partial charge on any atom is -0.396 e. The molecule has 3 N–H and O–H groups in total. The van der Waals surface area contributed by atoms with Crippen LogP contribution in [0, 0.1) is 0 Å². The number of nitrogens with one attached hydrogen (secondary N) is 1. The van der Waals surface area contributed by atoms with E-state index in [1.165, 1.54) is 12.1 Å². The molecule has 2 aromatic rings. The van der Waals surface area contributed by atoms with Gasteiger partial charge in [0.15, 0.2) is 0 Å². The highest BCUT2D eigenvalue weighted by molar-refractivity contribution is 6.39. The van der Waals surface area contributed by atoms with Gasteiger partial charge in [-0.25, -0.2) is 0 Å². The largest absolute Gasteiger partial charge is 0.396 e. The molecule has 1 atom stereocenters. The molecule has 104 valence electrons. The zero-order valence-electron chi connectivity index (χ0n) is 10.7. The third-order valence-corrected chi connectivity index (χ3v) is 3.45. The lowest BCUT2D eigenvalue weighted by Crippen LogP contribution is -2.27. The fraction of sp³-hybridized carbons (Fsp3) is 0.143. The summed E-state index contributed by atoms with van der Waals surface area (Å²) in [5.41, 5.74) is 7.03. The molecule has 1 amide bonds. The van der Waals surface area contributed by atoms with E-state index in [9.17, 15) is 4.79 Å². The van der Waals surface area contributed by atoms with Crippen molar-refractivity contribution < 1.29 is 4.79 Å². The van der Waals surface area contributed by atoms with Crippen LogP contribution in [0.1, 0.15) is 29.0 Å². The molecule has 20 heavy (non-hydrogen) atoms. The molecule has 0 aliphatic carbocycles. The number of hydrogen-bond acceptors (Lipinski definition) is 3. The number of nitrogen functional groups attached to an aromatic ring is 1. The molecule has 0 saturated carbocycles. The van der Waals surface area contributed by atoms with Crippen molar-refractivity contribution in [2.45, 2.75) is 13.0 Å². The van der Waals surface area contributed by atoms with Crippen LogP contribution in [0.4, 0.5) is 5.69 Å². The van der Waals surface area contributed by atoms with E-state index in [1.807, 2.05) is 25.1 Å². The number of carbonyl (C=O) groups excluding carboxylic acids is 1. The molecule has 0 spiro atoms. The maximum Gasteiger partial charge on any atom is 0.251 e. The molecule has 0 saturated heterocycles. The Morgan fingerprint density at radius 2 is 1.95 bits per heavy atom. The van der Waals surface area contributed by atoms with Crippen LogP contribution in [0.2, 0.25) is 10.0 Å². The van der Waals surface area contributed by atoms with Gasteiger partial charge in [-0.2, -0.15) is 0 Å². The van der Waals surface area contributed by atoms with E-state index in [4.69, 9.17) is 28.9 Å². The normalized spacial score (nSPS) is 11.9. The number of carbonyl (C=O) groups is 1. The van der Waals surface area contributed by atoms with Crippen molar-refractivity contribution in [2.75, 3.05) is 5.73 Å². The Morgan fingerprint density at radius 3 is 2.50 bits per heavy atom. The Balaban J connectivity index is 2.17. The van der Waals surface area contributed by atoms with Gasteiger partial charge in [-0.1, -0.05) is 29.3 Å². The lowest BCUT2D eigenvalue weighted by Gasteiger charge is -2.14. The van der Waals surface area contributed by atoms with E-state index in [0.29, 0.717) is 5.56 Å². The second-order valence-electron chi connectivity index (χ2n) is 4.30. The van der Waals surface area contributed by atoms with Gasteiger partial charge in [-0.05, 0) is 31.2 Å². The van der Waals surface area contributed by atoms with Gasteiger partial charge in [0.1, 0.15) is 0 Å². The minimum absolute atomic E-state index is 0.223. The molecule has 1 heterocycles. The molecule has 0 unspecified atom stereocenters. The van der Waals surface area contributed by atoms with E-state index in [2.05, 4.69) is 10.3 Å². The van der Waals surface area contributed by atoms with Crippen molar-refractivity contribution in [3.8, 4) is 0 Å². The predicted molar refractivity (Wildman–Crippen MR) is 81.0 cm³/mol. The molecule has 0 radical (unpaired) electrons. The van der Waals surface area contributed by atoms with Crippen LogP contribution < -0.4 is 11.1 Å². The molecule has 1 aromatic carbocycles. The zero-order chi connectivity index (χ0) is 14.7. The topological polar surface area (TPSA) is 68.0 Å². The van der Waals surface area contributed by atoms with Crippen molar-refractivity contribution in [3.05, 3.63) is 57.8 Å². The number of anilines is 1. The molecule has 6 heteroatoms. The summed E-state index contributed by atoms with van der Waals surface area (Å²) in [6.45, 7) is 1.85. The SMILES string of the molecule is C[C@H](NC(=O)c1cc(Cl)c(N)c(Cl)c1)c1ccccn1. The predicted octanol–water partition coefficient (Wildman–Crippen LogP) is 3.46. The Morgan fingerprint density at radius 1 is 1.30 bits per heavy atom. The summed E-state index contributed by atoms with van der Waals surface area (Å²) in [4.78, 5) is 16.3. The smallest absolute Gasteiger partial charge is 0.251 e. The monoisotopic (exact) mass is 309 g/mol. The third-order valence-electron chi connectivity index (χ3n) is 2.82. The molecule has 4 nitrogen and oxygen atoms in total. The molecule has 0 aliphatic heterocycles. The lowest BCUT2D eigenvalue weighted by atomic mass is 10.1. The number of nitrogens with two attached hydrogens (primary N) is 1. The van der Waals surface area contributed by atoms with Crippen molar-refractivity contribution in [1.82, 2.24) is 10.3 Å². The van der Waals surface area contributed by atoms with Gasteiger partial charge >= 0.3 is 0 Å². The van der Waals surface area contributed by atoms with Crippen LogP contribution in [-0.4, -0.2) is 10.9 Å². The molecular formula is C14H13Cl2N3O. The Bertz CT molecular complexity index is 609. The van der Waals surface area contributed by atoms with Gasteiger partial charge < -0.3 is 11.1 Å². The standard InChI is InChI=1S/C14H13Cl2N3O/c1-8(12-4-2-3-5-18-12)19-14(20)9-6-10(15)13(17)11(16)7-9/h2-8H,17H2,1H3,(H,19,20)/t8-/m0/s1. The summed E-state index contributed by atoms with van der Waals surface area (Å²) >= 11 is 11.8. The van der Waals surface area contributed by atoms with E-state index >= 15 is 0 Å². The average molecular weight is 310 g/mol. The second-order valence-corrected chi connectivity index (χ2v) is 5.12. The van der Waals surface area contributed by atoms with Crippen LogP contribution in [0.5, 0.6) is 0 Å². The minimum atomic E-state index is -0.285. The van der Waals surface area contributed by atoms with E-state index in [-0.39, 0.29) is 27.7 Å². The summed E-state index contributed by atoms with van der Waals surface area (Å²) in [6, 6.07) is 8.28. The highest BCUT2D eigenvalue weighted by Gasteiger charge is 2.14. The Kier molecular flexibility index (Phi) is 4.47. The first-order valence-corrected chi connectivity index (χ1v) is 6.71. The van der Waals surface area contributed by atoms with Gasteiger partial charge in [0, 0.05) is 11.8 Å². The summed E-state index contributed by atoms with van der Waals surface area (Å²) in [5.74, 6) is -0.285. The van der Waals surface area contributed by atoms with Crippen LogP contribution >= 0.6 is 23.2 Å².